The van der Waals surface area contributed by atoms with Gasteiger partial charge in [-0.25, -0.2) is 4.79 Å². The molecule has 8 nitrogen and oxygen atoms in total. The zero-order valence-corrected chi connectivity index (χ0v) is 14.9. The molecule has 1 N–H and O–H groups in total. The first-order valence-electron chi connectivity index (χ1n) is 9.33. The molecule has 3 heterocycles. The summed E-state index contributed by atoms with van der Waals surface area (Å²) in [6.07, 6.45) is 6.01. The first kappa shape index (κ1) is 17.7. The molecule has 8 heteroatoms. The van der Waals surface area contributed by atoms with Gasteiger partial charge in [-0.05, 0) is 39.0 Å². The van der Waals surface area contributed by atoms with Gasteiger partial charge in [-0.3, -0.25) is 4.79 Å². The summed E-state index contributed by atoms with van der Waals surface area (Å²) in [5, 5.41) is 6.87. The molecule has 1 atom stereocenters. The van der Waals surface area contributed by atoms with Gasteiger partial charge in [0.2, 0.25) is 11.8 Å². The Labute approximate surface area is 147 Å². The Balaban J connectivity index is 1.54. The number of aryl methyl sites for hydroxylation is 1. The fourth-order valence-electron chi connectivity index (χ4n) is 3.55. The number of piperidine rings is 1. The molecule has 2 fully saturated rings. The van der Waals surface area contributed by atoms with E-state index >= 15 is 0 Å². The topological polar surface area (TPSA) is 91.6 Å². The highest BCUT2D eigenvalue weighted by molar-refractivity contribution is 5.76. The van der Waals surface area contributed by atoms with Crippen molar-refractivity contribution in [1.82, 2.24) is 25.3 Å². The fourth-order valence-corrected chi connectivity index (χ4v) is 3.55. The Bertz CT molecular complexity index is 597. The molecule has 1 aromatic heterocycles. The van der Waals surface area contributed by atoms with E-state index in [4.69, 9.17) is 4.52 Å². The number of likely N-dealkylation sites (tertiary alicyclic amines) is 2. The summed E-state index contributed by atoms with van der Waals surface area (Å²) in [4.78, 5) is 32.4. The SMILES string of the molecule is CCNC(=O)N1CCCC1c1noc(CCC(=O)N2CCCCC2)n1. The molecule has 0 bridgehead atoms. The van der Waals surface area contributed by atoms with Gasteiger partial charge in [0, 0.05) is 39.0 Å². The van der Waals surface area contributed by atoms with Crippen LogP contribution in [0.5, 0.6) is 0 Å². The van der Waals surface area contributed by atoms with Crippen LogP contribution in [0.3, 0.4) is 0 Å². The average Bonchev–Trinajstić information content (AvgIpc) is 3.29. The number of urea groups is 1. The normalized spacial score (nSPS) is 20.8. The number of aromatic nitrogens is 2. The summed E-state index contributed by atoms with van der Waals surface area (Å²) in [6, 6.07) is -0.224. The lowest BCUT2D eigenvalue weighted by Gasteiger charge is -2.26. The molecule has 3 rings (SSSR count). The molecule has 2 aliphatic rings. The third kappa shape index (κ3) is 4.29. The molecule has 0 radical (unpaired) electrons. The lowest BCUT2D eigenvalue weighted by molar-refractivity contribution is -0.132. The Kier molecular flexibility index (Phi) is 5.88. The summed E-state index contributed by atoms with van der Waals surface area (Å²) < 4.78 is 5.31. The highest BCUT2D eigenvalue weighted by Gasteiger charge is 2.33. The monoisotopic (exact) mass is 349 g/mol. The van der Waals surface area contributed by atoms with Gasteiger partial charge in [-0.2, -0.15) is 4.98 Å². The van der Waals surface area contributed by atoms with Crippen LogP contribution < -0.4 is 5.32 Å². The third-order valence-electron chi connectivity index (χ3n) is 4.89. The quantitative estimate of drug-likeness (QED) is 0.876. The van der Waals surface area contributed by atoms with E-state index in [1.807, 2.05) is 11.8 Å². The minimum absolute atomic E-state index is 0.0865. The second-order valence-corrected chi connectivity index (χ2v) is 6.67. The van der Waals surface area contributed by atoms with Gasteiger partial charge in [0.1, 0.15) is 0 Å². The Morgan fingerprint density at radius 3 is 2.76 bits per heavy atom. The second kappa shape index (κ2) is 8.31. The van der Waals surface area contributed by atoms with Crippen molar-refractivity contribution >= 4 is 11.9 Å². The Hall–Kier alpha value is -2.12. The average molecular weight is 349 g/mol. The van der Waals surface area contributed by atoms with E-state index in [0.29, 0.717) is 37.6 Å². The molecule has 138 valence electrons. The smallest absolute Gasteiger partial charge is 0.318 e. The van der Waals surface area contributed by atoms with Crippen molar-refractivity contribution in [2.24, 2.45) is 0 Å². The summed E-state index contributed by atoms with van der Waals surface area (Å²) in [7, 11) is 0. The molecule has 0 saturated carbocycles. The summed E-state index contributed by atoms with van der Waals surface area (Å²) in [5.41, 5.74) is 0. The van der Waals surface area contributed by atoms with Crippen LogP contribution in [0.25, 0.3) is 0 Å². The van der Waals surface area contributed by atoms with Gasteiger partial charge >= 0.3 is 6.03 Å². The zero-order valence-electron chi connectivity index (χ0n) is 14.9. The third-order valence-corrected chi connectivity index (χ3v) is 4.89. The number of carbonyl (C=O) groups is 2. The molecule has 2 saturated heterocycles. The van der Waals surface area contributed by atoms with Gasteiger partial charge in [-0.1, -0.05) is 5.16 Å². The first-order chi connectivity index (χ1) is 12.2. The highest BCUT2D eigenvalue weighted by atomic mass is 16.5. The Morgan fingerprint density at radius 1 is 1.20 bits per heavy atom. The number of nitrogens with zero attached hydrogens (tertiary/aromatic N) is 4. The van der Waals surface area contributed by atoms with Crippen molar-refractivity contribution in [1.29, 1.82) is 0 Å². The van der Waals surface area contributed by atoms with E-state index in [0.717, 1.165) is 38.8 Å². The van der Waals surface area contributed by atoms with Gasteiger partial charge in [0.25, 0.3) is 0 Å². The van der Waals surface area contributed by atoms with Crippen LogP contribution in [0, 0.1) is 0 Å². The number of hydrogen-bond acceptors (Lipinski definition) is 5. The van der Waals surface area contributed by atoms with E-state index in [1.165, 1.54) is 6.42 Å². The molecular weight excluding hydrogens is 322 g/mol. The standard InChI is InChI=1S/C17H27N5O3/c1-2-18-17(24)22-12-6-7-13(22)16-19-14(25-20-16)8-9-15(23)21-10-4-3-5-11-21/h13H,2-12H2,1H3,(H,18,24). The van der Waals surface area contributed by atoms with Crippen LogP contribution in [0.4, 0.5) is 4.79 Å². The molecular formula is C17H27N5O3. The van der Waals surface area contributed by atoms with Gasteiger partial charge in [0.05, 0.1) is 6.04 Å². The fraction of sp³-hybridized carbons (Fsp3) is 0.765. The molecule has 2 aliphatic heterocycles. The van der Waals surface area contributed by atoms with E-state index in [-0.39, 0.29) is 18.0 Å². The first-order valence-corrected chi connectivity index (χ1v) is 9.33. The predicted molar refractivity (Wildman–Crippen MR) is 90.8 cm³/mol. The maximum absolute atomic E-state index is 12.2. The largest absolute Gasteiger partial charge is 0.343 e. The van der Waals surface area contributed by atoms with Crippen molar-refractivity contribution < 1.29 is 14.1 Å². The molecule has 3 amide bonds. The van der Waals surface area contributed by atoms with Crippen molar-refractivity contribution in [2.75, 3.05) is 26.2 Å². The van der Waals surface area contributed by atoms with Crippen molar-refractivity contribution in [3.63, 3.8) is 0 Å². The van der Waals surface area contributed by atoms with Crippen LogP contribution in [-0.2, 0) is 11.2 Å². The van der Waals surface area contributed by atoms with E-state index in [9.17, 15) is 9.59 Å². The summed E-state index contributed by atoms with van der Waals surface area (Å²) in [5.74, 6) is 1.18. The van der Waals surface area contributed by atoms with Gasteiger partial charge in [0.15, 0.2) is 5.82 Å². The summed E-state index contributed by atoms with van der Waals surface area (Å²) in [6.45, 7) is 4.91. The van der Waals surface area contributed by atoms with E-state index < -0.39 is 0 Å². The molecule has 25 heavy (non-hydrogen) atoms. The minimum atomic E-state index is -0.137. The predicted octanol–water partition coefficient (Wildman–Crippen LogP) is 1.88. The lowest BCUT2D eigenvalue weighted by Crippen LogP contribution is -2.39. The van der Waals surface area contributed by atoms with Crippen LogP contribution >= 0.6 is 0 Å². The van der Waals surface area contributed by atoms with Crippen molar-refractivity contribution in [3.8, 4) is 0 Å². The van der Waals surface area contributed by atoms with Crippen LogP contribution in [0.2, 0.25) is 0 Å². The van der Waals surface area contributed by atoms with Crippen LogP contribution in [0.1, 0.15) is 63.2 Å². The highest BCUT2D eigenvalue weighted by Crippen LogP contribution is 2.30. The number of hydrogen-bond donors (Lipinski definition) is 1. The van der Waals surface area contributed by atoms with E-state index in [2.05, 4.69) is 15.5 Å². The van der Waals surface area contributed by atoms with Crippen LogP contribution in [-0.4, -0.2) is 58.1 Å². The van der Waals surface area contributed by atoms with Crippen molar-refractivity contribution in [2.45, 2.75) is 57.9 Å². The Morgan fingerprint density at radius 2 is 2.00 bits per heavy atom. The van der Waals surface area contributed by atoms with Crippen LogP contribution in [0.15, 0.2) is 4.52 Å². The van der Waals surface area contributed by atoms with E-state index in [1.54, 1.807) is 4.90 Å². The summed E-state index contributed by atoms with van der Waals surface area (Å²) >= 11 is 0. The molecule has 0 spiro atoms. The second-order valence-electron chi connectivity index (χ2n) is 6.67. The zero-order chi connectivity index (χ0) is 17.6. The number of amides is 3. The minimum Gasteiger partial charge on any atom is -0.343 e. The molecule has 1 aromatic rings. The van der Waals surface area contributed by atoms with Crippen molar-refractivity contribution in [3.05, 3.63) is 11.7 Å². The maximum atomic E-state index is 12.2. The van der Waals surface area contributed by atoms with Gasteiger partial charge in [-0.15, -0.1) is 0 Å². The van der Waals surface area contributed by atoms with Gasteiger partial charge < -0.3 is 19.6 Å². The molecule has 1 unspecified atom stereocenters. The molecule has 0 aliphatic carbocycles. The number of carbonyl (C=O) groups excluding carboxylic acids is 2. The number of nitrogens with one attached hydrogen (secondary N) is 1. The molecule has 0 aromatic carbocycles. The lowest BCUT2D eigenvalue weighted by atomic mass is 10.1. The number of rotatable bonds is 5. The maximum Gasteiger partial charge on any atom is 0.318 e.